The summed E-state index contributed by atoms with van der Waals surface area (Å²) in [5.41, 5.74) is 2.21. The molecule has 0 aliphatic carbocycles. The van der Waals surface area contributed by atoms with Gasteiger partial charge in [-0.05, 0) is 51.1 Å². The van der Waals surface area contributed by atoms with Crippen LogP contribution in [-0.4, -0.2) is 30.0 Å². The van der Waals surface area contributed by atoms with Gasteiger partial charge < -0.3 is 14.4 Å². The molecule has 0 saturated carbocycles. The Hall–Kier alpha value is -3.19. The number of para-hydroxylation sites is 1. The summed E-state index contributed by atoms with van der Waals surface area (Å²) in [5, 5.41) is 2.94. The standard InChI is InChI=1S/C23H24N2O4S/c1-4-25(21-12-7-6-11-20(21)23(27)28-5-2)22(26)17-9-8-10-19(13-17)29-14-18-15-30-16(3)24-18/h6-13,15H,4-5,14H2,1-3H3. The monoisotopic (exact) mass is 424 g/mol. The van der Waals surface area contributed by atoms with E-state index in [1.54, 1.807) is 71.7 Å². The molecule has 2 aromatic carbocycles. The fraction of sp³-hybridized carbons (Fsp3) is 0.261. The van der Waals surface area contributed by atoms with Crippen LogP contribution in [0.4, 0.5) is 5.69 Å². The van der Waals surface area contributed by atoms with Crippen LogP contribution in [0.1, 0.15) is 45.3 Å². The van der Waals surface area contributed by atoms with Crippen LogP contribution in [0.5, 0.6) is 5.75 Å². The Kier molecular flexibility index (Phi) is 7.19. The van der Waals surface area contributed by atoms with E-state index >= 15 is 0 Å². The molecule has 3 rings (SSSR count). The van der Waals surface area contributed by atoms with E-state index in [2.05, 4.69) is 4.98 Å². The van der Waals surface area contributed by atoms with Crippen molar-refractivity contribution in [1.29, 1.82) is 0 Å². The summed E-state index contributed by atoms with van der Waals surface area (Å²) in [6, 6.07) is 14.0. The number of carbonyl (C=O) groups excluding carboxylic acids is 2. The lowest BCUT2D eigenvalue weighted by atomic mass is 10.1. The number of ether oxygens (including phenoxy) is 2. The van der Waals surface area contributed by atoms with Crippen molar-refractivity contribution in [3.63, 3.8) is 0 Å². The first-order valence-corrected chi connectivity index (χ1v) is 10.6. The highest BCUT2D eigenvalue weighted by atomic mass is 32.1. The molecule has 0 saturated heterocycles. The molecule has 3 aromatic rings. The van der Waals surface area contributed by atoms with Crippen molar-refractivity contribution >= 4 is 28.9 Å². The first kappa shape index (κ1) is 21.5. The molecule has 6 nitrogen and oxygen atoms in total. The van der Waals surface area contributed by atoms with Gasteiger partial charge in [-0.15, -0.1) is 11.3 Å². The van der Waals surface area contributed by atoms with Gasteiger partial charge in [0.15, 0.2) is 0 Å². The van der Waals surface area contributed by atoms with Crippen LogP contribution in [0.15, 0.2) is 53.9 Å². The number of amides is 1. The average Bonchev–Trinajstić information content (AvgIpc) is 3.18. The molecular formula is C23H24N2O4S. The van der Waals surface area contributed by atoms with Crippen LogP contribution in [0, 0.1) is 6.92 Å². The fourth-order valence-corrected chi connectivity index (χ4v) is 3.62. The number of aromatic nitrogens is 1. The second-order valence-corrected chi connectivity index (χ2v) is 7.52. The molecular weight excluding hydrogens is 400 g/mol. The minimum atomic E-state index is -0.449. The van der Waals surface area contributed by atoms with Gasteiger partial charge in [-0.25, -0.2) is 9.78 Å². The minimum absolute atomic E-state index is 0.218. The van der Waals surface area contributed by atoms with E-state index in [0.29, 0.717) is 35.7 Å². The number of esters is 1. The Balaban J connectivity index is 1.82. The second-order valence-electron chi connectivity index (χ2n) is 6.46. The van der Waals surface area contributed by atoms with E-state index in [0.717, 1.165) is 10.7 Å². The van der Waals surface area contributed by atoms with Crippen molar-refractivity contribution in [2.75, 3.05) is 18.1 Å². The number of rotatable bonds is 8. The summed E-state index contributed by atoms with van der Waals surface area (Å²) in [4.78, 5) is 31.5. The largest absolute Gasteiger partial charge is 0.487 e. The van der Waals surface area contributed by atoms with Crippen molar-refractivity contribution in [3.8, 4) is 5.75 Å². The van der Waals surface area contributed by atoms with Crippen LogP contribution < -0.4 is 9.64 Å². The molecule has 1 heterocycles. The van der Waals surface area contributed by atoms with Gasteiger partial charge in [-0.1, -0.05) is 18.2 Å². The zero-order valence-electron chi connectivity index (χ0n) is 17.3. The van der Waals surface area contributed by atoms with Gasteiger partial charge in [-0.3, -0.25) is 4.79 Å². The van der Waals surface area contributed by atoms with Crippen LogP contribution in [-0.2, 0) is 11.3 Å². The normalized spacial score (nSPS) is 10.5. The average molecular weight is 425 g/mol. The number of benzene rings is 2. The Morgan fingerprint density at radius 1 is 1.10 bits per heavy atom. The summed E-state index contributed by atoms with van der Waals surface area (Å²) in [5.74, 6) is -0.0829. The molecule has 0 aliphatic heterocycles. The number of hydrogen-bond acceptors (Lipinski definition) is 6. The molecule has 0 bridgehead atoms. The Labute approximate surface area is 180 Å². The van der Waals surface area contributed by atoms with Gasteiger partial charge in [0, 0.05) is 17.5 Å². The number of aryl methyl sites for hydroxylation is 1. The maximum atomic E-state index is 13.2. The van der Waals surface area contributed by atoms with Gasteiger partial charge in [0.1, 0.15) is 12.4 Å². The summed E-state index contributed by atoms with van der Waals surface area (Å²) in [7, 11) is 0. The highest BCUT2D eigenvalue weighted by Gasteiger charge is 2.22. The molecule has 0 atom stereocenters. The second kappa shape index (κ2) is 10.0. The minimum Gasteiger partial charge on any atom is -0.487 e. The Bertz CT molecular complexity index is 1030. The van der Waals surface area contributed by atoms with Gasteiger partial charge in [-0.2, -0.15) is 0 Å². The summed E-state index contributed by atoms with van der Waals surface area (Å²) >= 11 is 1.57. The first-order valence-electron chi connectivity index (χ1n) is 9.75. The van der Waals surface area contributed by atoms with E-state index < -0.39 is 5.97 Å². The molecule has 30 heavy (non-hydrogen) atoms. The smallest absolute Gasteiger partial charge is 0.340 e. The van der Waals surface area contributed by atoms with E-state index in [4.69, 9.17) is 9.47 Å². The van der Waals surface area contributed by atoms with Crippen molar-refractivity contribution in [2.24, 2.45) is 0 Å². The topological polar surface area (TPSA) is 68.7 Å². The third-order valence-electron chi connectivity index (χ3n) is 4.39. The predicted molar refractivity (Wildman–Crippen MR) is 117 cm³/mol. The van der Waals surface area contributed by atoms with E-state index in [-0.39, 0.29) is 12.5 Å². The van der Waals surface area contributed by atoms with Gasteiger partial charge in [0.05, 0.1) is 28.6 Å². The Morgan fingerprint density at radius 3 is 2.60 bits per heavy atom. The molecule has 0 radical (unpaired) electrons. The molecule has 0 fully saturated rings. The lowest BCUT2D eigenvalue weighted by Gasteiger charge is -2.23. The van der Waals surface area contributed by atoms with E-state index in [1.165, 1.54) is 0 Å². The molecule has 0 spiro atoms. The SMILES string of the molecule is CCOC(=O)c1ccccc1N(CC)C(=O)c1cccc(OCc2csc(C)n2)c1. The number of thiazole rings is 1. The summed E-state index contributed by atoms with van der Waals surface area (Å²) in [6.45, 7) is 6.57. The summed E-state index contributed by atoms with van der Waals surface area (Å²) in [6.07, 6.45) is 0. The van der Waals surface area contributed by atoms with Crippen molar-refractivity contribution in [3.05, 3.63) is 75.7 Å². The number of nitrogens with zero attached hydrogens (tertiary/aromatic N) is 2. The molecule has 1 aromatic heterocycles. The van der Waals surface area contributed by atoms with Crippen molar-refractivity contribution in [1.82, 2.24) is 4.98 Å². The van der Waals surface area contributed by atoms with E-state index in [1.807, 2.05) is 19.2 Å². The van der Waals surface area contributed by atoms with Crippen molar-refractivity contribution in [2.45, 2.75) is 27.4 Å². The van der Waals surface area contributed by atoms with Crippen LogP contribution in [0.3, 0.4) is 0 Å². The zero-order valence-corrected chi connectivity index (χ0v) is 18.1. The maximum absolute atomic E-state index is 13.2. The third kappa shape index (κ3) is 5.04. The molecule has 0 N–H and O–H groups in total. The third-order valence-corrected chi connectivity index (χ3v) is 5.21. The quantitative estimate of drug-likeness (QED) is 0.483. The first-order chi connectivity index (χ1) is 14.5. The zero-order chi connectivity index (χ0) is 21.5. The van der Waals surface area contributed by atoms with Crippen LogP contribution >= 0.6 is 11.3 Å². The number of hydrogen-bond donors (Lipinski definition) is 0. The molecule has 1 amide bonds. The van der Waals surface area contributed by atoms with Gasteiger partial charge in [0.25, 0.3) is 5.91 Å². The predicted octanol–water partition coefficient (Wildman–Crippen LogP) is 4.87. The lowest BCUT2D eigenvalue weighted by molar-refractivity contribution is 0.0527. The van der Waals surface area contributed by atoms with Crippen LogP contribution in [0.25, 0.3) is 0 Å². The molecule has 0 aliphatic rings. The molecule has 7 heteroatoms. The van der Waals surface area contributed by atoms with Gasteiger partial charge in [0.2, 0.25) is 0 Å². The van der Waals surface area contributed by atoms with Gasteiger partial charge >= 0.3 is 5.97 Å². The Morgan fingerprint density at radius 2 is 1.90 bits per heavy atom. The summed E-state index contributed by atoms with van der Waals surface area (Å²) < 4.78 is 11.0. The lowest BCUT2D eigenvalue weighted by Crippen LogP contribution is -2.32. The highest BCUT2D eigenvalue weighted by Crippen LogP contribution is 2.25. The molecule has 156 valence electrons. The van der Waals surface area contributed by atoms with Crippen LogP contribution in [0.2, 0.25) is 0 Å². The van der Waals surface area contributed by atoms with E-state index in [9.17, 15) is 9.59 Å². The molecule has 0 unspecified atom stereocenters. The number of anilines is 1. The maximum Gasteiger partial charge on any atom is 0.340 e. The number of carbonyl (C=O) groups is 2. The highest BCUT2D eigenvalue weighted by molar-refractivity contribution is 7.09. The fourth-order valence-electron chi connectivity index (χ4n) is 3.02. The van der Waals surface area contributed by atoms with Crippen molar-refractivity contribution < 1.29 is 19.1 Å².